The van der Waals surface area contributed by atoms with Crippen LogP contribution in [0.5, 0.6) is 11.5 Å². The molecule has 1 aliphatic heterocycles. The fourth-order valence-electron chi connectivity index (χ4n) is 2.20. The highest BCUT2D eigenvalue weighted by atomic mass is 16.5. The molecule has 0 aliphatic carbocycles. The standard InChI is InChI=1S/C15H19NO5/c1-15(2)8-10-4-3-5-11(14(10)21-15)20-9-12(17)16-7-6-13(18)19/h3-5H,6-9H2,1-2H3,(H,16,17)(H,18,19). The van der Waals surface area contributed by atoms with Crippen LogP contribution in [0.4, 0.5) is 0 Å². The van der Waals surface area contributed by atoms with Crippen LogP contribution in [-0.2, 0) is 16.0 Å². The van der Waals surface area contributed by atoms with Crippen LogP contribution in [0.1, 0.15) is 25.8 Å². The summed E-state index contributed by atoms with van der Waals surface area (Å²) in [6.07, 6.45) is 0.689. The highest BCUT2D eigenvalue weighted by Gasteiger charge is 2.32. The number of carboxylic acid groups (broad SMARTS) is 1. The Morgan fingerprint density at radius 1 is 1.43 bits per heavy atom. The first-order valence-corrected chi connectivity index (χ1v) is 6.79. The van der Waals surface area contributed by atoms with Gasteiger partial charge in [0.25, 0.3) is 5.91 Å². The van der Waals surface area contributed by atoms with Crippen LogP contribution in [0.25, 0.3) is 0 Å². The molecule has 0 bridgehead atoms. The Bertz CT molecular complexity index is 553. The van der Waals surface area contributed by atoms with Crippen molar-refractivity contribution in [3.05, 3.63) is 23.8 Å². The maximum atomic E-state index is 11.6. The van der Waals surface area contributed by atoms with Gasteiger partial charge in [-0.05, 0) is 19.9 Å². The first-order chi connectivity index (χ1) is 9.87. The van der Waals surface area contributed by atoms with Crippen molar-refractivity contribution in [1.29, 1.82) is 0 Å². The molecule has 0 saturated heterocycles. The van der Waals surface area contributed by atoms with Crippen LogP contribution in [0.15, 0.2) is 18.2 Å². The highest BCUT2D eigenvalue weighted by Crippen LogP contribution is 2.41. The van der Waals surface area contributed by atoms with Crippen LogP contribution in [0.2, 0.25) is 0 Å². The van der Waals surface area contributed by atoms with E-state index in [1.165, 1.54) is 0 Å². The molecule has 1 aromatic carbocycles. The second kappa shape index (κ2) is 6.03. The molecule has 6 heteroatoms. The van der Waals surface area contributed by atoms with E-state index in [4.69, 9.17) is 14.6 Å². The minimum absolute atomic E-state index is 0.0912. The molecule has 0 radical (unpaired) electrons. The largest absolute Gasteiger partial charge is 0.483 e. The summed E-state index contributed by atoms with van der Waals surface area (Å²) in [4.78, 5) is 21.9. The van der Waals surface area contributed by atoms with Crippen LogP contribution in [0.3, 0.4) is 0 Å². The molecule has 0 fully saturated rings. The lowest BCUT2D eigenvalue weighted by Crippen LogP contribution is -2.30. The third-order valence-electron chi connectivity index (χ3n) is 3.07. The van der Waals surface area contributed by atoms with E-state index in [1.807, 2.05) is 26.0 Å². The third-order valence-corrected chi connectivity index (χ3v) is 3.07. The number of para-hydroxylation sites is 1. The van der Waals surface area contributed by atoms with Gasteiger partial charge in [-0.1, -0.05) is 12.1 Å². The number of fused-ring (bicyclic) bond motifs is 1. The minimum atomic E-state index is -0.951. The topological polar surface area (TPSA) is 84.9 Å². The van der Waals surface area contributed by atoms with E-state index >= 15 is 0 Å². The number of hydrogen-bond acceptors (Lipinski definition) is 4. The number of ether oxygens (including phenoxy) is 2. The molecular weight excluding hydrogens is 274 g/mol. The van der Waals surface area contributed by atoms with Crippen molar-refractivity contribution in [3.8, 4) is 11.5 Å². The quantitative estimate of drug-likeness (QED) is 0.827. The number of nitrogens with one attached hydrogen (secondary N) is 1. The molecule has 0 atom stereocenters. The van der Waals surface area contributed by atoms with Crippen molar-refractivity contribution in [3.63, 3.8) is 0 Å². The van der Waals surface area contributed by atoms with Crippen molar-refractivity contribution in [1.82, 2.24) is 5.32 Å². The van der Waals surface area contributed by atoms with Crippen molar-refractivity contribution in [2.75, 3.05) is 13.2 Å². The van der Waals surface area contributed by atoms with E-state index < -0.39 is 5.97 Å². The summed E-state index contributed by atoms with van der Waals surface area (Å²) >= 11 is 0. The molecule has 0 unspecified atom stereocenters. The lowest BCUT2D eigenvalue weighted by atomic mass is 10.0. The number of carboxylic acids is 1. The summed E-state index contributed by atoms with van der Waals surface area (Å²) < 4.78 is 11.3. The fraction of sp³-hybridized carbons (Fsp3) is 0.467. The Balaban J connectivity index is 1.89. The zero-order valence-electron chi connectivity index (χ0n) is 12.1. The van der Waals surface area contributed by atoms with Crippen LogP contribution >= 0.6 is 0 Å². The van der Waals surface area contributed by atoms with Gasteiger partial charge in [-0.15, -0.1) is 0 Å². The molecule has 0 saturated carbocycles. The van der Waals surface area contributed by atoms with Gasteiger partial charge < -0.3 is 19.9 Å². The van der Waals surface area contributed by atoms with Gasteiger partial charge in [0.2, 0.25) is 0 Å². The van der Waals surface area contributed by atoms with Crippen molar-refractivity contribution < 1.29 is 24.2 Å². The Hall–Kier alpha value is -2.24. The smallest absolute Gasteiger partial charge is 0.305 e. The first-order valence-electron chi connectivity index (χ1n) is 6.79. The van der Waals surface area contributed by atoms with Gasteiger partial charge in [-0.3, -0.25) is 9.59 Å². The fourth-order valence-corrected chi connectivity index (χ4v) is 2.20. The Morgan fingerprint density at radius 2 is 2.19 bits per heavy atom. The van der Waals surface area contributed by atoms with E-state index in [-0.39, 0.29) is 31.1 Å². The molecule has 1 aromatic rings. The first kappa shape index (κ1) is 15.2. The van der Waals surface area contributed by atoms with Crippen molar-refractivity contribution >= 4 is 11.9 Å². The summed E-state index contributed by atoms with van der Waals surface area (Å²) in [5.41, 5.74) is 0.787. The molecule has 114 valence electrons. The number of carbonyl (C=O) groups excluding carboxylic acids is 1. The monoisotopic (exact) mass is 293 g/mol. The normalized spacial score (nSPS) is 15.0. The molecule has 0 aromatic heterocycles. The summed E-state index contributed by atoms with van der Waals surface area (Å²) in [5, 5.41) is 11.0. The Kier molecular flexibility index (Phi) is 4.35. The number of hydrogen-bond donors (Lipinski definition) is 2. The van der Waals surface area contributed by atoms with Crippen LogP contribution in [0, 0.1) is 0 Å². The summed E-state index contributed by atoms with van der Waals surface area (Å²) in [7, 11) is 0. The van der Waals surface area contributed by atoms with Gasteiger partial charge in [0.05, 0.1) is 6.42 Å². The second-order valence-electron chi connectivity index (χ2n) is 5.57. The van der Waals surface area contributed by atoms with Crippen molar-refractivity contribution in [2.24, 2.45) is 0 Å². The Morgan fingerprint density at radius 3 is 2.90 bits per heavy atom. The SMILES string of the molecule is CC1(C)Cc2cccc(OCC(=O)NCCC(=O)O)c2O1. The predicted molar refractivity (Wildman–Crippen MR) is 75.6 cm³/mol. The number of aliphatic carboxylic acids is 1. The predicted octanol–water partition coefficient (Wildman–Crippen LogP) is 1.37. The van der Waals surface area contributed by atoms with Crippen LogP contribution in [-0.4, -0.2) is 35.7 Å². The average molecular weight is 293 g/mol. The van der Waals surface area contributed by atoms with E-state index in [2.05, 4.69) is 5.32 Å². The third kappa shape index (κ3) is 4.11. The molecule has 1 amide bonds. The van der Waals surface area contributed by atoms with Gasteiger partial charge >= 0.3 is 5.97 Å². The zero-order chi connectivity index (χ0) is 15.5. The van der Waals surface area contributed by atoms with E-state index in [0.717, 1.165) is 12.0 Å². The lowest BCUT2D eigenvalue weighted by Gasteiger charge is -2.18. The van der Waals surface area contributed by atoms with Gasteiger partial charge in [-0.2, -0.15) is 0 Å². The maximum Gasteiger partial charge on any atom is 0.305 e. The van der Waals surface area contributed by atoms with Gasteiger partial charge in [0.1, 0.15) is 5.60 Å². The number of benzene rings is 1. The second-order valence-corrected chi connectivity index (χ2v) is 5.57. The molecule has 0 spiro atoms. The molecule has 6 nitrogen and oxygen atoms in total. The molecule has 2 N–H and O–H groups in total. The van der Waals surface area contributed by atoms with Gasteiger partial charge in [0, 0.05) is 18.5 Å². The molecule has 1 aliphatic rings. The maximum absolute atomic E-state index is 11.6. The highest BCUT2D eigenvalue weighted by molar-refractivity contribution is 5.78. The summed E-state index contributed by atoms with van der Waals surface area (Å²) in [6.45, 7) is 3.92. The Labute approximate surface area is 123 Å². The molecular formula is C15H19NO5. The summed E-state index contributed by atoms with van der Waals surface area (Å²) in [5.74, 6) is -0.0915. The zero-order valence-corrected chi connectivity index (χ0v) is 12.1. The molecule has 21 heavy (non-hydrogen) atoms. The lowest BCUT2D eigenvalue weighted by molar-refractivity contribution is -0.137. The average Bonchev–Trinajstić information content (AvgIpc) is 2.70. The van der Waals surface area contributed by atoms with E-state index in [1.54, 1.807) is 6.07 Å². The van der Waals surface area contributed by atoms with E-state index in [0.29, 0.717) is 11.5 Å². The summed E-state index contributed by atoms with van der Waals surface area (Å²) in [6, 6.07) is 5.59. The van der Waals surface area contributed by atoms with Crippen LogP contribution < -0.4 is 14.8 Å². The number of rotatable bonds is 6. The number of carbonyl (C=O) groups is 2. The molecule has 2 rings (SSSR count). The number of amides is 1. The van der Waals surface area contributed by atoms with Crippen molar-refractivity contribution in [2.45, 2.75) is 32.3 Å². The van der Waals surface area contributed by atoms with Gasteiger partial charge in [-0.25, -0.2) is 0 Å². The minimum Gasteiger partial charge on any atom is -0.483 e. The van der Waals surface area contributed by atoms with Gasteiger partial charge in [0.15, 0.2) is 18.1 Å². The van der Waals surface area contributed by atoms with E-state index in [9.17, 15) is 9.59 Å². The molecule has 1 heterocycles.